The molecule has 0 aliphatic rings. The second-order valence-corrected chi connectivity index (χ2v) is 9.40. The van der Waals surface area contributed by atoms with E-state index >= 15 is 0 Å². The first kappa shape index (κ1) is 26.4. The van der Waals surface area contributed by atoms with Gasteiger partial charge in [0, 0.05) is 0 Å². The standard InChI is InChI=1S/C34H26.C6H6/c1-5-13-29(14-6-1)33(30-15-7-2-8-16-30)25-27-21-23-28(24-22-27)26-34(31-17-9-3-10-18-31)32-19-11-4-12-20-32;1-2-4-6-5-3-1/h1-26H;1-6H. The van der Waals surface area contributed by atoms with Crippen molar-refractivity contribution in [2.45, 2.75) is 0 Å². The molecule has 0 unspecified atom stereocenters. The predicted octanol–water partition coefficient (Wildman–Crippen LogP) is 10.6. The van der Waals surface area contributed by atoms with Gasteiger partial charge in [0.05, 0.1) is 0 Å². The zero-order valence-electron chi connectivity index (χ0n) is 22.5. The molecule has 0 radical (unpaired) electrons. The molecule has 0 fully saturated rings. The van der Waals surface area contributed by atoms with Gasteiger partial charge in [0.2, 0.25) is 0 Å². The van der Waals surface area contributed by atoms with E-state index in [0.29, 0.717) is 0 Å². The third-order valence-corrected chi connectivity index (χ3v) is 6.56. The zero-order valence-corrected chi connectivity index (χ0v) is 22.5. The lowest BCUT2D eigenvalue weighted by atomic mass is 9.94. The van der Waals surface area contributed by atoms with Gasteiger partial charge in [-0.05, 0) is 56.7 Å². The van der Waals surface area contributed by atoms with Crippen molar-refractivity contribution in [3.8, 4) is 0 Å². The van der Waals surface area contributed by atoms with Crippen molar-refractivity contribution in [1.29, 1.82) is 0 Å². The molecule has 0 heterocycles. The SMILES string of the molecule is C(=C(c1ccccc1)c1ccccc1)c1ccc(C=C(c2ccccc2)c2ccccc2)cc1.c1ccccc1. The van der Waals surface area contributed by atoms with Crippen molar-refractivity contribution < 1.29 is 0 Å². The van der Waals surface area contributed by atoms with Crippen LogP contribution in [0.25, 0.3) is 23.3 Å². The molecular formula is C40H32. The molecule has 6 aromatic rings. The van der Waals surface area contributed by atoms with E-state index in [4.69, 9.17) is 0 Å². The molecule has 40 heavy (non-hydrogen) atoms. The molecule has 0 saturated carbocycles. The van der Waals surface area contributed by atoms with Gasteiger partial charge in [-0.15, -0.1) is 0 Å². The van der Waals surface area contributed by atoms with E-state index in [0.717, 1.165) is 0 Å². The zero-order chi connectivity index (χ0) is 27.2. The van der Waals surface area contributed by atoms with Crippen molar-refractivity contribution in [3.63, 3.8) is 0 Å². The molecule has 0 saturated heterocycles. The summed E-state index contributed by atoms with van der Waals surface area (Å²) in [5.41, 5.74) is 9.67. The Morgan fingerprint density at radius 3 is 0.675 bits per heavy atom. The van der Waals surface area contributed by atoms with E-state index in [1.165, 1.54) is 44.5 Å². The van der Waals surface area contributed by atoms with Gasteiger partial charge < -0.3 is 0 Å². The average Bonchev–Trinajstić information content (AvgIpc) is 3.06. The first-order valence-corrected chi connectivity index (χ1v) is 13.6. The fourth-order valence-corrected chi connectivity index (χ4v) is 4.54. The van der Waals surface area contributed by atoms with Crippen molar-refractivity contribution in [3.05, 3.63) is 215 Å². The first-order chi connectivity index (χ1) is 19.9. The molecule has 0 N–H and O–H groups in total. The fourth-order valence-electron chi connectivity index (χ4n) is 4.54. The highest BCUT2D eigenvalue weighted by atomic mass is 14.1. The van der Waals surface area contributed by atoms with Crippen LogP contribution in [0.3, 0.4) is 0 Å². The summed E-state index contributed by atoms with van der Waals surface area (Å²) in [7, 11) is 0. The lowest BCUT2D eigenvalue weighted by Gasteiger charge is -2.10. The van der Waals surface area contributed by atoms with E-state index in [9.17, 15) is 0 Å². The highest BCUT2D eigenvalue weighted by Crippen LogP contribution is 2.28. The van der Waals surface area contributed by atoms with Gasteiger partial charge in [-0.2, -0.15) is 0 Å². The van der Waals surface area contributed by atoms with Crippen molar-refractivity contribution in [2.24, 2.45) is 0 Å². The molecule has 0 aliphatic carbocycles. The van der Waals surface area contributed by atoms with Crippen LogP contribution in [0.15, 0.2) is 182 Å². The number of hydrogen-bond donors (Lipinski definition) is 0. The van der Waals surface area contributed by atoms with Crippen LogP contribution in [0.5, 0.6) is 0 Å². The summed E-state index contributed by atoms with van der Waals surface area (Å²) in [5.74, 6) is 0. The molecule has 6 rings (SSSR count). The summed E-state index contributed by atoms with van der Waals surface area (Å²) in [5, 5.41) is 0. The topological polar surface area (TPSA) is 0 Å². The Labute approximate surface area is 238 Å². The molecule has 0 spiro atoms. The van der Waals surface area contributed by atoms with Gasteiger partial charge in [0.25, 0.3) is 0 Å². The van der Waals surface area contributed by atoms with E-state index in [-0.39, 0.29) is 0 Å². The van der Waals surface area contributed by atoms with Crippen LogP contribution in [0, 0.1) is 0 Å². The Hall–Kier alpha value is -5.20. The minimum absolute atomic E-state index is 1.18. The van der Waals surface area contributed by atoms with E-state index in [1.807, 2.05) is 36.4 Å². The molecule has 0 aromatic heterocycles. The smallest absolute Gasteiger partial charge is 0.0105 e. The molecule has 0 heteroatoms. The Balaban J connectivity index is 0.000000477. The molecule has 0 bridgehead atoms. The van der Waals surface area contributed by atoms with Crippen LogP contribution in [0.4, 0.5) is 0 Å². The molecule has 0 atom stereocenters. The van der Waals surface area contributed by atoms with Crippen molar-refractivity contribution in [2.75, 3.05) is 0 Å². The Bertz CT molecular complexity index is 1390. The monoisotopic (exact) mass is 512 g/mol. The van der Waals surface area contributed by atoms with Gasteiger partial charge in [0.1, 0.15) is 0 Å². The molecule has 0 aliphatic heterocycles. The fraction of sp³-hybridized carbons (Fsp3) is 0. The summed E-state index contributed by atoms with van der Waals surface area (Å²) in [4.78, 5) is 0. The number of hydrogen-bond acceptors (Lipinski definition) is 0. The maximum Gasteiger partial charge on any atom is -0.0105 e. The molecular weight excluding hydrogens is 480 g/mol. The summed E-state index contributed by atoms with van der Waals surface area (Å²) < 4.78 is 0. The minimum Gasteiger partial charge on any atom is -0.0623 e. The molecule has 0 nitrogen and oxygen atoms in total. The van der Waals surface area contributed by atoms with Gasteiger partial charge in [-0.1, -0.05) is 182 Å². The van der Waals surface area contributed by atoms with Gasteiger partial charge in [-0.25, -0.2) is 0 Å². The molecule has 192 valence electrons. The van der Waals surface area contributed by atoms with E-state index in [2.05, 4.69) is 158 Å². The quantitative estimate of drug-likeness (QED) is 0.195. The van der Waals surface area contributed by atoms with Crippen LogP contribution in [-0.4, -0.2) is 0 Å². The Morgan fingerprint density at radius 2 is 0.450 bits per heavy atom. The largest absolute Gasteiger partial charge is 0.0623 e. The second-order valence-electron chi connectivity index (χ2n) is 9.40. The van der Waals surface area contributed by atoms with Gasteiger partial charge >= 0.3 is 0 Å². The van der Waals surface area contributed by atoms with Crippen LogP contribution < -0.4 is 0 Å². The van der Waals surface area contributed by atoms with Crippen LogP contribution >= 0.6 is 0 Å². The Morgan fingerprint density at radius 1 is 0.250 bits per heavy atom. The normalized spacial score (nSPS) is 10.0. The minimum atomic E-state index is 1.18. The van der Waals surface area contributed by atoms with E-state index in [1.54, 1.807) is 0 Å². The van der Waals surface area contributed by atoms with Crippen LogP contribution in [-0.2, 0) is 0 Å². The number of benzene rings is 6. The van der Waals surface area contributed by atoms with Crippen molar-refractivity contribution in [1.82, 2.24) is 0 Å². The van der Waals surface area contributed by atoms with Gasteiger partial charge in [0.15, 0.2) is 0 Å². The van der Waals surface area contributed by atoms with Gasteiger partial charge in [-0.3, -0.25) is 0 Å². The predicted molar refractivity (Wildman–Crippen MR) is 173 cm³/mol. The lowest BCUT2D eigenvalue weighted by molar-refractivity contribution is 1.54. The first-order valence-electron chi connectivity index (χ1n) is 13.6. The summed E-state index contributed by atoms with van der Waals surface area (Å²) in [6, 6.07) is 63.1. The average molecular weight is 513 g/mol. The molecule has 6 aromatic carbocycles. The highest BCUT2D eigenvalue weighted by molar-refractivity contribution is 5.93. The maximum absolute atomic E-state index is 2.27. The lowest BCUT2D eigenvalue weighted by Crippen LogP contribution is -1.89. The maximum atomic E-state index is 2.27. The highest BCUT2D eigenvalue weighted by Gasteiger charge is 2.07. The molecule has 0 amide bonds. The summed E-state index contributed by atoms with van der Waals surface area (Å²) >= 11 is 0. The third-order valence-electron chi connectivity index (χ3n) is 6.56. The van der Waals surface area contributed by atoms with Crippen molar-refractivity contribution >= 4 is 23.3 Å². The van der Waals surface area contributed by atoms with Crippen LogP contribution in [0.2, 0.25) is 0 Å². The Kier molecular flexibility index (Phi) is 9.30. The summed E-state index contributed by atoms with van der Waals surface area (Å²) in [6.45, 7) is 0. The number of rotatable bonds is 6. The van der Waals surface area contributed by atoms with Crippen LogP contribution in [0.1, 0.15) is 33.4 Å². The third kappa shape index (κ3) is 7.43. The second kappa shape index (κ2) is 14.1. The van der Waals surface area contributed by atoms with E-state index < -0.39 is 0 Å². The summed E-state index contributed by atoms with van der Waals surface area (Å²) in [6.07, 6.45) is 4.54.